The first-order chi connectivity index (χ1) is 9.06. The van der Waals surface area contributed by atoms with Gasteiger partial charge in [0.25, 0.3) is 0 Å². The number of nitrogens with one attached hydrogen (secondary N) is 1. The van der Waals surface area contributed by atoms with Crippen molar-refractivity contribution in [1.82, 2.24) is 15.1 Å². The summed E-state index contributed by atoms with van der Waals surface area (Å²) in [6, 6.07) is 8.14. The molecule has 0 aliphatic carbocycles. The molecule has 0 aliphatic heterocycles. The van der Waals surface area contributed by atoms with E-state index in [0.29, 0.717) is 6.54 Å². The Morgan fingerprint density at radius 1 is 1.37 bits per heavy atom. The normalized spacial score (nSPS) is 14.3. The standard InChI is InChI=1S/C15H21N3O/c1-11-5-4-6-13(7-11)15(19)9-16-12(2)14-8-17-18(3)10-14/h4-8,10,12,15-16,19H,9H2,1-3H3. The van der Waals surface area contributed by atoms with Crippen LogP contribution >= 0.6 is 0 Å². The summed E-state index contributed by atoms with van der Waals surface area (Å²) in [7, 11) is 1.90. The molecule has 1 heterocycles. The van der Waals surface area contributed by atoms with Gasteiger partial charge in [-0.15, -0.1) is 0 Å². The third-order valence-corrected chi connectivity index (χ3v) is 3.27. The van der Waals surface area contributed by atoms with E-state index in [-0.39, 0.29) is 6.04 Å². The number of aromatic nitrogens is 2. The van der Waals surface area contributed by atoms with Gasteiger partial charge in [-0.25, -0.2) is 0 Å². The van der Waals surface area contributed by atoms with Crippen LogP contribution in [0.2, 0.25) is 0 Å². The summed E-state index contributed by atoms with van der Waals surface area (Å²) >= 11 is 0. The highest BCUT2D eigenvalue weighted by molar-refractivity contribution is 5.24. The highest BCUT2D eigenvalue weighted by Crippen LogP contribution is 2.16. The Kier molecular flexibility index (Phi) is 4.35. The molecule has 0 bridgehead atoms. The van der Waals surface area contributed by atoms with Crippen molar-refractivity contribution in [2.24, 2.45) is 7.05 Å². The Morgan fingerprint density at radius 2 is 2.16 bits per heavy atom. The summed E-state index contributed by atoms with van der Waals surface area (Å²) < 4.78 is 1.78. The lowest BCUT2D eigenvalue weighted by atomic mass is 10.1. The molecule has 19 heavy (non-hydrogen) atoms. The number of hydrogen-bond donors (Lipinski definition) is 2. The molecule has 2 N–H and O–H groups in total. The fourth-order valence-corrected chi connectivity index (χ4v) is 2.07. The molecule has 0 fully saturated rings. The second kappa shape index (κ2) is 5.99. The molecule has 0 saturated carbocycles. The van der Waals surface area contributed by atoms with Crippen molar-refractivity contribution < 1.29 is 5.11 Å². The molecule has 102 valence electrons. The molecular formula is C15H21N3O. The van der Waals surface area contributed by atoms with Crippen molar-refractivity contribution >= 4 is 0 Å². The average Bonchev–Trinajstić information content (AvgIpc) is 2.82. The van der Waals surface area contributed by atoms with Gasteiger partial charge in [0.05, 0.1) is 12.3 Å². The highest BCUT2D eigenvalue weighted by atomic mass is 16.3. The zero-order chi connectivity index (χ0) is 13.8. The van der Waals surface area contributed by atoms with Crippen LogP contribution in [0.25, 0.3) is 0 Å². The van der Waals surface area contributed by atoms with Crippen LogP contribution in [-0.2, 0) is 7.05 Å². The number of nitrogens with zero attached hydrogens (tertiary/aromatic N) is 2. The minimum Gasteiger partial charge on any atom is -0.387 e. The fraction of sp³-hybridized carbons (Fsp3) is 0.400. The van der Waals surface area contributed by atoms with Gasteiger partial charge in [-0.05, 0) is 19.4 Å². The van der Waals surface area contributed by atoms with Gasteiger partial charge in [-0.3, -0.25) is 4.68 Å². The molecule has 1 aromatic heterocycles. The summed E-state index contributed by atoms with van der Waals surface area (Å²) in [5.74, 6) is 0. The van der Waals surface area contributed by atoms with Crippen molar-refractivity contribution in [3.05, 3.63) is 53.3 Å². The number of aliphatic hydroxyl groups excluding tert-OH is 1. The van der Waals surface area contributed by atoms with Crippen LogP contribution in [0.3, 0.4) is 0 Å². The molecule has 0 spiro atoms. The van der Waals surface area contributed by atoms with Crippen molar-refractivity contribution in [3.63, 3.8) is 0 Å². The van der Waals surface area contributed by atoms with Crippen molar-refractivity contribution in [1.29, 1.82) is 0 Å². The maximum Gasteiger partial charge on any atom is 0.0914 e. The largest absolute Gasteiger partial charge is 0.387 e. The van der Waals surface area contributed by atoms with E-state index in [9.17, 15) is 5.11 Å². The van der Waals surface area contributed by atoms with Crippen LogP contribution in [0.5, 0.6) is 0 Å². The minimum atomic E-state index is -0.487. The van der Waals surface area contributed by atoms with E-state index >= 15 is 0 Å². The Bertz CT molecular complexity index is 536. The molecule has 1 aromatic carbocycles. The molecule has 2 unspecified atom stereocenters. The third-order valence-electron chi connectivity index (χ3n) is 3.27. The summed E-state index contributed by atoms with van der Waals surface area (Å²) in [5.41, 5.74) is 3.24. The lowest BCUT2D eigenvalue weighted by Crippen LogP contribution is -2.24. The van der Waals surface area contributed by atoms with Gasteiger partial charge < -0.3 is 10.4 Å². The Balaban J connectivity index is 1.91. The van der Waals surface area contributed by atoms with Gasteiger partial charge in [0.1, 0.15) is 0 Å². The summed E-state index contributed by atoms with van der Waals surface area (Å²) in [5, 5.41) is 17.6. The number of benzene rings is 1. The van der Waals surface area contributed by atoms with Crippen LogP contribution in [0.15, 0.2) is 36.7 Å². The molecular weight excluding hydrogens is 238 g/mol. The van der Waals surface area contributed by atoms with Crippen LogP contribution in [0, 0.1) is 6.92 Å². The number of hydrogen-bond acceptors (Lipinski definition) is 3. The fourth-order valence-electron chi connectivity index (χ4n) is 2.07. The van der Waals surface area contributed by atoms with Gasteiger partial charge in [-0.2, -0.15) is 5.10 Å². The lowest BCUT2D eigenvalue weighted by molar-refractivity contribution is 0.170. The van der Waals surface area contributed by atoms with E-state index in [2.05, 4.69) is 17.3 Å². The maximum atomic E-state index is 10.2. The quantitative estimate of drug-likeness (QED) is 0.864. The first kappa shape index (κ1) is 13.8. The first-order valence-corrected chi connectivity index (χ1v) is 6.53. The topological polar surface area (TPSA) is 50.1 Å². The number of aryl methyl sites for hydroxylation is 2. The Labute approximate surface area is 114 Å². The van der Waals surface area contributed by atoms with Gasteiger partial charge >= 0.3 is 0 Å². The lowest BCUT2D eigenvalue weighted by Gasteiger charge is -2.16. The van der Waals surface area contributed by atoms with Crippen molar-refractivity contribution in [2.75, 3.05) is 6.54 Å². The van der Waals surface area contributed by atoms with E-state index in [4.69, 9.17) is 0 Å². The van der Waals surface area contributed by atoms with Crippen LogP contribution in [0.1, 0.15) is 35.8 Å². The van der Waals surface area contributed by atoms with Crippen LogP contribution in [0.4, 0.5) is 0 Å². The van der Waals surface area contributed by atoms with Crippen molar-refractivity contribution in [3.8, 4) is 0 Å². The molecule has 2 aromatic rings. The smallest absolute Gasteiger partial charge is 0.0914 e. The minimum absolute atomic E-state index is 0.174. The number of rotatable bonds is 5. The van der Waals surface area contributed by atoms with E-state index in [0.717, 1.165) is 16.7 Å². The zero-order valence-corrected chi connectivity index (χ0v) is 11.7. The molecule has 2 rings (SSSR count). The first-order valence-electron chi connectivity index (χ1n) is 6.53. The second-order valence-electron chi connectivity index (χ2n) is 5.01. The molecule has 4 nitrogen and oxygen atoms in total. The summed E-state index contributed by atoms with van der Waals surface area (Å²) in [6.45, 7) is 4.63. The molecule has 0 radical (unpaired) electrons. The maximum absolute atomic E-state index is 10.2. The third kappa shape index (κ3) is 3.66. The van der Waals surface area contributed by atoms with E-state index in [1.54, 1.807) is 4.68 Å². The molecule has 4 heteroatoms. The van der Waals surface area contributed by atoms with Gasteiger partial charge in [0.2, 0.25) is 0 Å². The second-order valence-corrected chi connectivity index (χ2v) is 5.01. The van der Waals surface area contributed by atoms with E-state index in [1.807, 2.05) is 50.6 Å². The van der Waals surface area contributed by atoms with Crippen LogP contribution < -0.4 is 5.32 Å². The van der Waals surface area contributed by atoms with Gasteiger partial charge in [-0.1, -0.05) is 29.8 Å². The molecule has 0 saturated heterocycles. The monoisotopic (exact) mass is 259 g/mol. The number of aliphatic hydroxyl groups is 1. The highest BCUT2D eigenvalue weighted by Gasteiger charge is 2.11. The summed E-state index contributed by atoms with van der Waals surface area (Å²) in [4.78, 5) is 0. The predicted octanol–water partition coefficient (Wildman–Crippen LogP) is 2.11. The van der Waals surface area contributed by atoms with E-state index < -0.39 is 6.10 Å². The predicted molar refractivity (Wildman–Crippen MR) is 75.8 cm³/mol. The van der Waals surface area contributed by atoms with Crippen LogP contribution in [-0.4, -0.2) is 21.4 Å². The molecule has 0 amide bonds. The molecule has 0 aliphatic rings. The van der Waals surface area contributed by atoms with Gasteiger partial charge in [0, 0.05) is 31.4 Å². The van der Waals surface area contributed by atoms with E-state index in [1.165, 1.54) is 0 Å². The van der Waals surface area contributed by atoms with Crippen molar-refractivity contribution in [2.45, 2.75) is 26.0 Å². The molecule has 2 atom stereocenters. The SMILES string of the molecule is Cc1cccc(C(O)CNC(C)c2cnn(C)c2)c1. The average molecular weight is 259 g/mol. The van der Waals surface area contributed by atoms with Gasteiger partial charge in [0.15, 0.2) is 0 Å². The Morgan fingerprint density at radius 3 is 2.79 bits per heavy atom. The zero-order valence-electron chi connectivity index (χ0n) is 11.7. The Hall–Kier alpha value is -1.65. The summed E-state index contributed by atoms with van der Waals surface area (Å²) in [6.07, 6.45) is 3.34.